The van der Waals surface area contributed by atoms with Crippen molar-refractivity contribution in [3.05, 3.63) is 24.4 Å². The van der Waals surface area contributed by atoms with Crippen molar-refractivity contribution in [1.82, 2.24) is 10.3 Å². The summed E-state index contributed by atoms with van der Waals surface area (Å²) in [5.41, 5.74) is 0. The standard InChI is InChI=1S/C8H11N2S/c1-11-7-6-10-8-4-2-3-5-9-8/h2-5H,6-7H2,1H3. The molecular formula is C8H11N2S. The monoisotopic (exact) mass is 167 g/mol. The maximum Gasteiger partial charge on any atom is 0.147 e. The van der Waals surface area contributed by atoms with Crippen LogP contribution in [0, 0.1) is 0 Å². The highest BCUT2D eigenvalue weighted by Crippen LogP contribution is 2.00. The number of hydrogen-bond donors (Lipinski definition) is 0. The minimum Gasteiger partial charge on any atom is -0.266 e. The van der Waals surface area contributed by atoms with Crippen LogP contribution in [0.5, 0.6) is 0 Å². The van der Waals surface area contributed by atoms with Gasteiger partial charge in [0.15, 0.2) is 0 Å². The molecule has 59 valence electrons. The average Bonchev–Trinajstić information content (AvgIpc) is 2.07. The van der Waals surface area contributed by atoms with E-state index >= 15 is 0 Å². The van der Waals surface area contributed by atoms with Crippen LogP contribution < -0.4 is 5.32 Å². The molecule has 1 rings (SSSR count). The number of aromatic nitrogens is 1. The predicted molar refractivity (Wildman–Crippen MR) is 49.3 cm³/mol. The van der Waals surface area contributed by atoms with Crippen LogP contribution in [-0.2, 0) is 0 Å². The molecule has 0 fully saturated rings. The first-order chi connectivity index (χ1) is 5.43. The molecule has 0 atom stereocenters. The fourth-order valence-electron chi connectivity index (χ4n) is 0.699. The van der Waals surface area contributed by atoms with Crippen LogP contribution in [0.4, 0.5) is 5.82 Å². The molecule has 1 aromatic heterocycles. The van der Waals surface area contributed by atoms with Gasteiger partial charge in [0.25, 0.3) is 0 Å². The van der Waals surface area contributed by atoms with E-state index < -0.39 is 0 Å². The second kappa shape index (κ2) is 5.02. The van der Waals surface area contributed by atoms with Gasteiger partial charge in [-0.3, -0.25) is 5.32 Å². The van der Waals surface area contributed by atoms with Gasteiger partial charge in [0.1, 0.15) is 5.82 Å². The summed E-state index contributed by atoms with van der Waals surface area (Å²) >= 11 is 1.80. The summed E-state index contributed by atoms with van der Waals surface area (Å²) in [5, 5.41) is 4.26. The lowest BCUT2D eigenvalue weighted by Gasteiger charge is -1.98. The zero-order valence-electron chi connectivity index (χ0n) is 6.53. The first-order valence-corrected chi connectivity index (χ1v) is 4.90. The molecule has 0 bridgehead atoms. The van der Waals surface area contributed by atoms with Crippen molar-refractivity contribution in [3.8, 4) is 0 Å². The number of hydrogen-bond acceptors (Lipinski definition) is 2. The van der Waals surface area contributed by atoms with Gasteiger partial charge in [-0.05, 0) is 18.4 Å². The van der Waals surface area contributed by atoms with Gasteiger partial charge in [-0.15, -0.1) is 0 Å². The maximum absolute atomic E-state index is 4.26. The Bertz CT molecular complexity index is 189. The predicted octanol–water partition coefficient (Wildman–Crippen LogP) is 1.68. The Kier molecular flexibility index (Phi) is 3.83. The molecule has 3 heteroatoms. The van der Waals surface area contributed by atoms with Crippen molar-refractivity contribution in [3.63, 3.8) is 0 Å². The van der Waals surface area contributed by atoms with E-state index in [1.54, 1.807) is 18.0 Å². The molecule has 1 radical (unpaired) electrons. The van der Waals surface area contributed by atoms with Crippen molar-refractivity contribution >= 4 is 17.6 Å². The number of nitrogens with zero attached hydrogens (tertiary/aromatic N) is 2. The maximum atomic E-state index is 4.26. The van der Waals surface area contributed by atoms with Gasteiger partial charge < -0.3 is 0 Å². The van der Waals surface area contributed by atoms with E-state index in [0.29, 0.717) is 0 Å². The number of thioether (sulfide) groups is 1. The lowest BCUT2D eigenvalue weighted by Crippen LogP contribution is -2.03. The van der Waals surface area contributed by atoms with Crippen LogP contribution in [-0.4, -0.2) is 23.5 Å². The molecular weight excluding hydrogens is 156 g/mol. The highest BCUT2D eigenvalue weighted by molar-refractivity contribution is 7.98. The second-order valence-corrected chi connectivity index (χ2v) is 3.05. The Labute approximate surface area is 71.4 Å². The lowest BCUT2D eigenvalue weighted by molar-refractivity contribution is 0.891. The molecule has 0 unspecified atom stereocenters. The van der Waals surface area contributed by atoms with Crippen LogP contribution >= 0.6 is 11.8 Å². The molecule has 0 aliphatic heterocycles. The summed E-state index contributed by atoms with van der Waals surface area (Å²) in [6.07, 6.45) is 3.84. The van der Waals surface area contributed by atoms with Crippen LogP contribution in [0.3, 0.4) is 0 Å². The third-order valence-electron chi connectivity index (χ3n) is 1.22. The van der Waals surface area contributed by atoms with E-state index in [0.717, 1.165) is 18.1 Å². The van der Waals surface area contributed by atoms with Gasteiger partial charge in [0.2, 0.25) is 0 Å². The van der Waals surface area contributed by atoms with Crippen molar-refractivity contribution in [1.29, 1.82) is 0 Å². The fourth-order valence-corrected chi connectivity index (χ4v) is 0.973. The van der Waals surface area contributed by atoms with Gasteiger partial charge in [0, 0.05) is 11.9 Å². The van der Waals surface area contributed by atoms with Crippen LogP contribution in [0.25, 0.3) is 0 Å². The largest absolute Gasteiger partial charge is 0.266 e. The molecule has 0 saturated heterocycles. The Morgan fingerprint density at radius 2 is 2.45 bits per heavy atom. The average molecular weight is 167 g/mol. The van der Waals surface area contributed by atoms with Crippen molar-refractivity contribution in [2.45, 2.75) is 0 Å². The van der Waals surface area contributed by atoms with E-state index in [-0.39, 0.29) is 0 Å². The lowest BCUT2D eigenvalue weighted by atomic mass is 10.4. The molecule has 0 aliphatic rings. The van der Waals surface area contributed by atoms with E-state index in [1.807, 2.05) is 18.2 Å². The summed E-state index contributed by atoms with van der Waals surface area (Å²) in [6, 6.07) is 5.76. The summed E-state index contributed by atoms with van der Waals surface area (Å²) < 4.78 is 0. The smallest absolute Gasteiger partial charge is 0.147 e. The van der Waals surface area contributed by atoms with E-state index in [9.17, 15) is 0 Å². The highest BCUT2D eigenvalue weighted by Gasteiger charge is 1.90. The third kappa shape index (κ3) is 3.28. The summed E-state index contributed by atoms with van der Waals surface area (Å²) in [5.74, 6) is 1.90. The minimum absolute atomic E-state index is 0.835. The molecule has 0 spiro atoms. The normalized spacial score (nSPS) is 9.55. The molecule has 0 amide bonds. The summed E-state index contributed by atoms with van der Waals surface area (Å²) in [6.45, 7) is 0.859. The molecule has 1 aromatic rings. The molecule has 0 aliphatic carbocycles. The van der Waals surface area contributed by atoms with Gasteiger partial charge in [-0.1, -0.05) is 6.07 Å². The van der Waals surface area contributed by atoms with Crippen LogP contribution in [0.1, 0.15) is 0 Å². The zero-order chi connectivity index (χ0) is 7.94. The Morgan fingerprint density at radius 3 is 3.09 bits per heavy atom. The quantitative estimate of drug-likeness (QED) is 0.638. The SMILES string of the molecule is CSCC[N]c1ccccn1. The first kappa shape index (κ1) is 8.40. The Hall–Kier alpha value is -0.700. The summed E-state index contributed by atoms with van der Waals surface area (Å²) in [4.78, 5) is 4.07. The van der Waals surface area contributed by atoms with Crippen LogP contribution in [0.2, 0.25) is 0 Å². The van der Waals surface area contributed by atoms with E-state index in [2.05, 4.69) is 16.6 Å². The summed E-state index contributed by atoms with van der Waals surface area (Å²) in [7, 11) is 0. The highest BCUT2D eigenvalue weighted by atomic mass is 32.2. The molecule has 0 N–H and O–H groups in total. The van der Waals surface area contributed by atoms with Gasteiger partial charge in [0.05, 0.1) is 6.54 Å². The number of pyridine rings is 1. The van der Waals surface area contributed by atoms with Crippen molar-refractivity contribution < 1.29 is 0 Å². The van der Waals surface area contributed by atoms with Gasteiger partial charge >= 0.3 is 0 Å². The third-order valence-corrected chi connectivity index (χ3v) is 1.81. The Morgan fingerprint density at radius 1 is 1.55 bits per heavy atom. The van der Waals surface area contributed by atoms with Gasteiger partial charge in [-0.2, -0.15) is 11.8 Å². The Balaban J connectivity index is 2.28. The molecule has 2 nitrogen and oxygen atoms in total. The fraction of sp³-hybridized carbons (Fsp3) is 0.375. The molecule has 11 heavy (non-hydrogen) atoms. The topological polar surface area (TPSA) is 27.0 Å². The second-order valence-electron chi connectivity index (χ2n) is 2.06. The zero-order valence-corrected chi connectivity index (χ0v) is 7.34. The first-order valence-electron chi connectivity index (χ1n) is 3.51. The van der Waals surface area contributed by atoms with E-state index in [4.69, 9.17) is 0 Å². The minimum atomic E-state index is 0.835. The molecule has 0 aromatic carbocycles. The van der Waals surface area contributed by atoms with Crippen molar-refractivity contribution in [2.75, 3.05) is 18.6 Å². The van der Waals surface area contributed by atoms with Crippen LogP contribution in [0.15, 0.2) is 24.4 Å². The molecule has 1 heterocycles. The van der Waals surface area contributed by atoms with E-state index in [1.165, 1.54) is 0 Å². The molecule has 0 saturated carbocycles. The van der Waals surface area contributed by atoms with Crippen molar-refractivity contribution in [2.24, 2.45) is 0 Å². The van der Waals surface area contributed by atoms with Gasteiger partial charge in [-0.25, -0.2) is 4.98 Å². The number of rotatable bonds is 4.